The van der Waals surface area contributed by atoms with Crippen LogP contribution < -0.4 is 0 Å². The van der Waals surface area contributed by atoms with Gasteiger partial charge in [-0.2, -0.15) is 5.10 Å². The van der Waals surface area contributed by atoms with Crippen LogP contribution in [0.4, 0.5) is 0 Å². The number of aromatic nitrogens is 2. The van der Waals surface area contributed by atoms with Crippen molar-refractivity contribution >= 4 is 5.97 Å². The van der Waals surface area contributed by atoms with Gasteiger partial charge in [-0.1, -0.05) is 6.42 Å². The molecule has 0 bridgehead atoms. The quantitative estimate of drug-likeness (QED) is 0.872. The van der Waals surface area contributed by atoms with Crippen LogP contribution in [0.15, 0.2) is 6.07 Å². The molecular weight excluding hydrogens is 216 g/mol. The molecule has 17 heavy (non-hydrogen) atoms. The first-order valence-corrected chi connectivity index (χ1v) is 6.38. The van der Waals surface area contributed by atoms with Crippen LogP contribution in [0.25, 0.3) is 0 Å². The van der Waals surface area contributed by atoms with Crippen molar-refractivity contribution in [3.05, 3.63) is 17.5 Å². The fraction of sp³-hybridized carbons (Fsp3) is 0.692. The number of hydrogen-bond donors (Lipinski definition) is 1. The standard InChI is InChI=1S/C13H20N2O2/c1-3-15-11(7-9(2)14-15)8-10-5-4-6-12(10)13(16)17/h7,10,12H,3-6,8H2,1-2H3,(H,16,17). The molecule has 1 aromatic rings. The van der Waals surface area contributed by atoms with Gasteiger partial charge in [-0.25, -0.2) is 0 Å². The molecule has 4 nitrogen and oxygen atoms in total. The van der Waals surface area contributed by atoms with E-state index in [1.807, 2.05) is 11.6 Å². The van der Waals surface area contributed by atoms with Gasteiger partial charge >= 0.3 is 5.97 Å². The topological polar surface area (TPSA) is 55.1 Å². The molecule has 1 heterocycles. The van der Waals surface area contributed by atoms with Crippen molar-refractivity contribution in [3.8, 4) is 0 Å². The lowest BCUT2D eigenvalue weighted by molar-refractivity contribution is -0.142. The molecule has 0 aromatic carbocycles. The minimum absolute atomic E-state index is 0.157. The van der Waals surface area contributed by atoms with Gasteiger partial charge in [0.2, 0.25) is 0 Å². The van der Waals surface area contributed by atoms with Crippen LogP contribution in [0.1, 0.15) is 37.6 Å². The second kappa shape index (κ2) is 4.90. The molecule has 0 aliphatic heterocycles. The maximum Gasteiger partial charge on any atom is 0.306 e. The average Bonchev–Trinajstić information content (AvgIpc) is 2.85. The third kappa shape index (κ3) is 2.51. The minimum atomic E-state index is -0.633. The van der Waals surface area contributed by atoms with Crippen LogP contribution >= 0.6 is 0 Å². The first kappa shape index (κ1) is 12.1. The summed E-state index contributed by atoms with van der Waals surface area (Å²) in [7, 11) is 0. The van der Waals surface area contributed by atoms with E-state index in [0.29, 0.717) is 0 Å². The average molecular weight is 236 g/mol. The van der Waals surface area contributed by atoms with Crippen LogP contribution in [0.2, 0.25) is 0 Å². The summed E-state index contributed by atoms with van der Waals surface area (Å²) in [6.07, 6.45) is 3.76. The fourth-order valence-electron chi connectivity index (χ4n) is 2.91. The van der Waals surface area contributed by atoms with Crippen molar-refractivity contribution < 1.29 is 9.90 Å². The number of rotatable bonds is 4. The number of nitrogens with zero attached hydrogens (tertiary/aromatic N) is 2. The number of aliphatic carboxylic acids is 1. The van der Waals surface area contributed by atoms with E-state index in [-0.39, 0.29) is 11.8 Å². The largest absolute Gasteiger partial charge is 0.481 e. The van der Waals surface area contributed by atoms with Gasteiger partial charge in [-0.05, 0) is 45.1 Å². The molecule has 2 rings (SSSR count). The molecule has 2 unspecified atom stereocenters. The Morgan fingerprint density at radius 2 is 2.35 bits per heavy atom. The van der Waals surface area contributed by atoms with Crippen LogP contribution in [0, 0.1) is 18.8 Å². The minimum Gasteiger partial charge on any atom is -0.481 e. The van der Waals surface area contributed by atoms with Crippen molar-refractivity contribution in [2.45, 2.75) is 46.1 Å². The van der Waals surface area contributed by atoms with E-state index in [2.05, 4.69) is 18.1 Å². The number of aryl methyl sites for hydroxylation is 2. The van der Waals surface area contributed by atoms with Gasteiger partial charge in [-0.15, -0.1) is 0 Å². The summed E-state index contributed by atoms with van der Waals surface area (Å²) in [5.41, 5.74) is 2.20. The molecule has 1 aliphatic carbocycles. The van der Waals surface area contributed by atoms with Crippen molar-refractivity contribution in [2.75, 3.05) is 0 Å². The summed E-state index contributed by atoms with van der Waals surface area (Å²) >= 11 is 0. The van der Waals surface area contributed by atoms with Crippen molar-refractivity contribution in [1.82, 2.24) is 9.78 Å². The normalized spacial score (nSPS) is 24.1. The molecule has 1 aromatic heterocycles. The summed E-state index contributed by atoms with van der Waals surface area (Å²) in [6.45, 7) is 4.91. The van der Waals surface area contributed by atoms with E-state index < -0.39 is 5.97 Å². The maximum absolute atomic E-state index is 11.1. The Morgan fingerprint density at radius 3 is 3.00 bits per heavy atom. The summed E-state index contributed by atoms with van der Waals surface area (Å²) in [5, 5.41) is 13.6. The van der Waals surface area contributed by atoms with Crippen molar-refractivity contribution in [1.29, 1.82) is 0 Å². The van der Waals surface area contributed by atoms with Crippen LogP contribution in [0.3, 0.4) is 0 Å². The Labute approximate surface area is 102 Å². The third-order valence-corrected chi connectivity index (χ3v) is 3.73. The number of carbonyl (C=O) groups is 1. The number of hydrogen-bond acceptors (Lipinski definition) is 2. The Kier molecular flexibility index (Phi) is 3.50. The molecule has 1 N–H and O–H groups in total. The van der Waals surface area contributed by atoms with Crippen molar-refractivity contribution in [2.24, 2.45) is 11.8 Å². The molecule has 0 spiro atoms. The zero-order valence-corrected chi connectivity index (χ0v) is 10.5. The fourth-order valence-corrected chi connectivity index (χ4v) is 2.91. The predicted molar refractivity (Wildman–Crippen MR) is 64.8 cm³/mol. The maximum atomic E-state index is 11.1. The van der Waals surface area contributed by atoms with E-state index in [9.17, 15) is 9.90 Å². The molecule has 4 heteroatoms. The SMILES string of the molecule is CCn1nc(C)cc1CC1CCCC1C(=O)O. The second-order valence-corrected chi connectivity index (χ2v) is 4.93. The molecule has 1 saturated carbocycles. The lowest BCUT2D eigenvalue weighted by atomic mass is 9.91. The second-order valence-electron chi connectivity index (χ2n) is 4.93. The molecule has 0 amide bonds. The predicted octanol–water partition coefficient (Wildman–Crippen LogP) is 2.25. The molecular formula is C13H20N2O2. The van der Waals surface area contributed by atoms with Crippen LogP contribution in [0.5, 0.6) is 0 Å². The van der Waals surface area contributed by atoms with Gasteiger partial charge in [0, 0.05) is 12.2 Å². The van der Waals surface area contributed by atoms with Gasteiger partial charge < -0.3 is 5.11 Å². The van der Waals surface area contributed by atoms with Crippen LogP contribution in [-0.4, -0.2) is 20.9 Å². The van der Waals surface area contributed by atoms with Gasteiger partial charge in [0.15, 0.2) is 0 Å². The molecule has 0 saturated heterocycles. The molecule has 94 valence electrons. The summed E-state index contributed by atoms with van der Waals surface area (Å²) in [4.78, 5) is 11.1. The van der Waals surface area contributed by atoms with E-state index in [0.717, 1.165) is 37.9 Å². The van der Waals surface area contributed by atoms with Gasteiger partial charge in [0.05, 0.1) is 11.6 Å². The highest BCUT2D eigenvalue weighted by molar-refractivity contribution is 5.70. The first-order chi connectivity index (χ1) is 8.11. The summed E-state index contributed by atoms with van der Waals surface area (Å²) in [5.74, 6) is -0.504. The van der Waals surface area contributed by atoms with Crippen LogP contribution in [-0.2, 0) is 17.8 Å². The van der Waals surface area contributed by atoms with E-state index in [1.165, 1.54) is 5.69 Å². The summed E-state index contributed by atoms with van der Waals surface area (Å²) < 4.78 is 1.99. The van der Waals surface area contributed by atoms with Gasteiger partial charge in [-0.3, -0.25) is 9.48 Å². The summed E-state index contributed by atoms with van der Waals surface area (Å²) in [6, 6.07) is 2.08. The molecule has 2 atom stereocenters. The van der Waals surface area contributed by atoms with Crippen molar-refractivity contribution in [3.63, 3.8) is 0 Å². The highest BCUT2D eigenvalue weighted by Crippen LogP contribution is 2.34. The van der Waals surface area contributed by atoms with E-state index in [4.69, 9.17) is 0 Å². The smallest absolute Gasteiger partial charge is 0.306 e. The lowest BCUT2D eigenvalue weighted by Crippen LogP contribution is -2.21. The van der Waals surface area contributed by atoms with Gasteiger partial charge in [0.25, 0.3) is 0 Å². The molecule has 1 fully saturated rings. The Balaban J connectivity index is 2.11. The zero-order chi connectivity index (χ0) is 12.4. The third-order valence-electron chi connectivity index (χ3n) is 3.73. The van der Waals surface area contributed by atoms with Gasteiger partial charge in [0.1, 0.15) is 0 Å². The van der Waals surface area contributed by atoms with E-state index in [1.54, 1.807) is 0 Å². The lowest BCUT2D eigenvalue weighted by Gasteiger charge is -2.15. The van der Waals surface area contributed by atoms with E-state index >= 15 is 0 Å². The zero-order valence-electron chi connectivity index (χ0n) is 10.5. The Bertz CT molecular complexity index is 412. The highest BCUT2D eigenvalue weighted by atomic mass is 16.4. The monoisotopic (exact) mass is 236 g/mol. The first-order valence-electron chi connectivity index (χ1n) is 6.38. The number of carboxylic acids is 1. The Morgan fingerprint density at radius 1 is 1.59 bits per heavy atom. The number of carboxylic acid groups (broad SMARTS) is 1. The molecule has 0 radical (unpaired) electrons. The highest BCUT2D eigenvalue weighted by Gasteiger charge is 2.33. The molecule has 1 aliphatic rings. The Hall–Kier alpha value is -1.32.